The van der Waals surface area contributed by atoms with Crippen LogP contribution in [0.5, 0.6) is 0 Å². The molecule has 1 heterocycles. The van der Waals surface area contributed by atoms with Crippen LogP contribution in [0.25, 0.3) is 11.1 Å². The van der Waals surface area contributed by atoms with E-state index in [1.54, 1.807) is 0 Å². The second-order valence-corrected chi connectivity index (χ2v) is 7.52. The Balaban J connectivity index is 1.54. The molecular formula is C21H18F3NO5. The minimum Gasteiger partial charge on any atom is -0.480 e. The van der Waals surface area contributed by atoms with Gasteiger partial charge in [0, 0.05) is 12.3 Å². The fourth-order valence-electron chi connectivity index (χ4n) is 4.18. The normalized spacial score (nSPS) is 23.2. The van der Waals surface area contributed by atoms with E-state index in [2.05, 4.69) is 0 Å². The number of amides is 1. The van der Waals surface area contributed by atoms with Crippen LogP contribution in [-0.2, 0) is 9.53 Å². The van der Waals surface area contributed by atoms with Crippen molar-refractivity contribution >= 4 is 12.1 Å². The summed E-state index contributed by atoms with van der Waals surface area (Å²) >= 11 is 0. The van der Waals surface area contributed by atoms with Crippen molar-refractivity contribution in [2.45, 2.75) is 30.2 Å². The number of carbonyl (C=O) groups excluding carboxylic acids is 1. The van der Waals surface area contributed by atoms with Gasteiger partial charge in [0.2, 0.25) is 0 Å². The van der Waals surface area contributed by atoms with Gasteiger partial charge in [-0.2, -0.15) is 13.2 Å². The quantitative estimate of drug-likeness (QED) is 0.794. The van der Waals surface area contributed by atoms with Gasteiger partial charge in [0.15, 0.2) is 5.60 Å². The lowest BCUT2D eigenvalue weighted by atomic mass is 9.98. The minimum atomic E-state index is -5.07. The third-order valence-corrected chi connectivity index (χ3v) is 5.72. The second-order valence-electron chi connectivity index (χ2n) is 7.52. The van der Waals surface area contributed by atoms with Crippen LogP contribution in [0.2, 0.25) is 0 Å². The number of aliphatic carboxylic acids is 1. The fourth-order valence-corrected chi connectivity index (χ4v) is 4.18. The van der Waals surface area contributed by atoms with Crippen LogP contribution in [0.3, 0.4) is 0 Å². The monoisotopic (exact) mass is 421 g/mol. The van der Waals surface area contributed by atoms with E-state index < -0.39 is 42.8 Å². The number of benzene rings is 2. The third-order valence-electron chi connectivity index (χ3n) is 5.72. The van der Waals surface area contributed by atoms with Gasteiger partial charge in [-0.1, -0.05) is 48.5 Å². The lowest BCUT2D eigenvalue weighted by Crippen LogP contribution is -2.48. The Kier molecular flexibility index (Phi) is 4.73. The zero-order chi connectivity index (χ0) is 21.7. The smallest absolute Gasteiger partial charge is 0.419 e. The first-order chi connectivity index (χ1) is 14.1. The Bertz CT molecular complexity index is 963. The number of ether oxygens (including phenoxy) is 1. The van der Waals surface area contributed by atoms with Crippen molar-refractivity contribution < 1.29 is 37.7 Å². The predicted molar refractivity (Wildman–Crippen MR) is 98.8 cm³/mol. The van der Waals surface area contributed by atoms with Crippen molar-refractivity contribution in [3.63, 3.8) is 0 Å². The van der Waals surface area contributed by atoms with Gasteiger partial charge in [-0.05, 0) is 22.3 Å². The molecule has 2 aliphatic rings. The number of nitrogens with zero attached hydrogens (tertiary/aromatic N) is 1. The lowest BCUT2D eigenvalue weighted by molar-refractivity contribution is -0.253. The molecule has 1 aliphatic carbocycles. The van der Waals surface area contributed by atoms with E-state index >= 15 is 0 Å². The maximum atomic E-state index is 13.2. The summed E-state index contributed by atoms with van der Waals surface area (Å²) in [5, 5.41) is 19.1. The Hall–Kier alpha value is -3.07. The van der Waals surface area contributed by atoms with Gasteiger partial charge in [-0.3, -0.25) is 4.90 Å². The van der Waals surface area contributed by atoms with Crippen LogP contribution < -0.4 is 0 Å². The fraction of sp³-hybridized carbons (Fsp3) is 0.333. The number of fused-ring (bicyclic) bond motifs is 3. The van der Waals surface area contributed by atoms with Gasteiger partial charge in [0.25, 0.3) is 0 Å². The summed E-state index contributed by atoms with van der Waals surface area (Å²) in [4.78, 5) is 24.3. The van der Waals surface area contributed by atoms with Gasteiger partial charge in [0.05, 0.1) is 6.54 Å². The Morgan fingerprint density at radius 2 is 1.60 bits per heavy atom. The van der Waals surface area contributed by atoms with Crippen molar-refractivity contribution in [2.75, 3.05) is 13.2 Å². The maximum absolute atomic E-state index is 13.2. The van der Waals surface area contributed by atoms with Gasteiger partial charge >= 0.3 is 18.2 Å². The molecule has 2 atom stereocenters. The zero-order valence-corrected chi connectivity index (χ0v) is 15.6. The number of carboxylic acid groups (broad SMARTS) is 1. The molecule has 9 heteroatoms. The van der Waals surface area contributed by atoms with Gasteiger partial charge in [0.1, 0.15) is 12.6 Å². The number of hydrogen-bond acceptors (Lipinski definition) is 4. The highest BCUT2D eigenvalue weighted by molar-refractivity contribution is 5.82. The van der Waals surface area contributed by atoms with E-state index in [4.69, 9.17) is 4.74 Å². The van der Waals surface area contributed by atoms with Crippen LogP contribution in [0.15, 0.2) is 48.5 Å². The number of rotatable bonds is 3. The molecule has 1 saturated heterocycles. The highest BCUT2D eigenvalue weighted by Gasteiger charge is 2.62. The number of carboxylic acids is 1. The summed E-state index contributed by atoms with van der Waals surface area (Å²) in [5.41, 5.74) is 0.487. The Labute approximate surface area is 169 Å². The molecule has 0 radical (unpaired) electrons. The van der Waals surface area contributed by atoms with E-state index in [0.29, 0.717) is 4.90 Å². The summed E-state index contributed by atoms with van der Waals surface area (Å²) in [5.74, 6) is -1.96. The molecule has 0 aromatic heterocycles. The molecule has 0 bridgehead atoms. The van der Waals surface area contributed by atoms with Crippen LogP contribution in [0.4, 0.5) is 18.0 Å². The van der Waals surface area contributed by atoms with E-state index in [-0.39, 0.29) is 12.5 Å². The molecule has 0 saturated carbocycles. The van der Waals surface area contributed by atoms with E-state index in [9.17, 15) is 33.0 Å². The molecular weight excluding hydrogens is 403 g/mol. The summed E-state index contributed by atoms with van der Waals surface area (Å²) in [6.07, 6.45) is -7.42. The lowest BCUT2D eigenvalue weighted by Gasteiger charge is -2.25. The highest BCUT2D eigenvalue weighted by Crippen LogP contribution is 2.45. The van der Waals surface area contributed by atoms with Crippen LogP contribution >= 0.6 is 0 Å². The zero-order valence-electron chi connectivity index (χ0n) is 15.6. The van der Waals surface area contributed by atoms with Gasteiger partial charge in [-0.15, -0.1) is 0 Å². The van der Waals surface area contributed by atoms with Crippen molar-refractivity contribution in [3.8, 4) is 11.1 Å². The summed E-state index contributed by atoms with van der Waals surface area (Å²) in [7, 11) is 0. The highest BCUT2D eigenvalue weighted by atomic mass is 19.4. The maximum Gasteiger partial charge on any atom is 0.419 e. The third kappa shape index (κ3) is 3.19. The predicted octanol–water partition coefficient (Wildman–Crippen LogP) is 3.39. The first-order valence-electron chi connectivity index (χ1n) is 9.26. The molecule has 1 amide bonds. The molecule has 158 valence electrons. The molecule has 2 N–H and O–H groups in total. The van der Waals surface area contributed by atoms with Crippen LogP contribution in [0.1, 0.15) is 23.5 Å². The van der Waals surface area contributed by atoms with Crippen molar-refractivity contribution in [1.82, 2.24) is 4.90 Å². The molecule has 0 spiro atoms. The number of alkyl halides is 3. The Morgan fingerprint density at radius 1 is 1.07 bits per heavy atom. The summed E-state index contributed by atoms with van der Waals surface area (Å²) in [6, 6.07) is 13.2. The minimum absolute atomic E-state index is 0.167. The molecule has 2 aromatic rings. The molecule has 0 unspecified atom stereocenters. The van der Waals surface area contributed by atoms with Crippen LogP contribution in [-0.4, -0.2) is 58.1 Å². The van der Waals surface area contributed by atoms with Gasteiger partial charge < -0.3 is 14.9 Å². The van der Waals surface area contributed by atoms with Crippen LogP contribution in [0, 0.1) is 0 Å². The summed E-state index contributed by atoms with van der Waals surface area (Å²) < 4.78 is 44.7. The second kappa shape index (κ2) is 7.02. The number of β-amino-alcohol motifs (C(OH)–C–C–N with tert-alkyl or cyclic N) is 1. The molecule has 30 heavy (non-hydrogen) atoms. The topological polar surface area (TPSA) is 87.1 Å². The van der Waals surface area contributed by atoms with E-state index in [0.717, 1.165) is 22.3 Å². The van der Waals surface area contributed by atoms with E-state index in [1.807, 2.05) is 48.5 Å². The molecule has 2 aromatic carbocycles. The molecule has 1 aliphatic heterocycles. The molecule has 1 fully saturated rings. The number of carbonyl (C=O) groups is 2. The largest absolute Gasteiger partial charge is 0.480 e. The number of hydrogen-bond donors (Lipinski definition) is 2. The molecule has 6 nitrogen and oxygen atoms in total. The van der Waals surface area contributed by atoms with Crippen molar-refractivity contribution in [3.05, 3.63) is 59.7 Å². The first kappa shape index (κ1) is 20.2. The average molecular weight is 421 g/mol. The average Bonchev–Trinajstić information content (AvgIpc) is 3.23. The standard InChI is InChI=1S/C21H18F3NO5/c22-21(23,24)20(29)9-17(18(26)27)25(11-20)19(28)30-10-16-14-7-3-1-5-12(14)13-6-2-4-8-15(13)16/h1-8,16-17,29H,9-11H2,(H,26,27)/t17-,20-/m0/s1. The summed E-state index contributed by atoms with van der Waals surface area (Å²) in [6.45, 7) is -1.36. The van der Waals surface area contributed by atoms with E-state index in [1.165, 1.54) is 0 Å². The number of halogens is 3. The van der Waals surface area contributed by atoms with Gasteiger partial charge in [-0.25, -0.2) is 9.59 Å². The Morgan fingerprint density at radius 3 is 2.10 bits per heavy atom. The van der Waals surface area contributed by atoms with Crippen molar-refractivity contribution in [1.29, 1.82) is 0 Å². The number of likely N-dealkylation sites (tertiary alicyclic amines) is 1. The first-order valence-corrected chi connectivity index (χ1v) is 9.26. The SMILES string of the molecule is O=C(O)[C@@H]1C[C@@](O)(C(F)(F)F)CN1C(=O)OCC1c2ccccc2-c2ccccc21. The number of aliphatic hydroxyl groups is 1. The van der Waals surface area contributed by atoms with Crippen molar-refractivity contribution in [2.24, 2.45) is 0 Å². The molecule has 4 rings (SSSR count).